The summed E-state index contributed by atoms with van der Waals surface area (Å²) in [6.45, 7) is 6.83. The Morgan fingerprint density at radius 1 is 1.47 bits per heavy atom. The lowest BCUT2D eigenvalue weighted by molar-refractivity contribution is 0.562. The molecule has 1 aromatic rings. The van der Waals surface area contributed by atoms with Crippen molar-refractivity contribution < 1.29 is 0 Å². The molecule has 0 aliphatic heterocycles. The van der Waals surface area contributed by atoms with Crippen molar-refractivity contribution in [2.45, 2.75) is 63.0 Å². The molecule has 2 atom stereocenters. The summed E-state index contributed by atoms with van der Waals surface area (Å²) in [6.07, 6.45) is 3.07. The van der Waals surface area contributed by atoms with Crippen molar-refractivity contribution in [3.63, 3.8) is 0 Å². The minimum atomic E-state index is -0.145. The van der Waals surface area contributed by atoms with Gasteiger partial charge < -0.3 is 5.73 Å². The second-order valence-corrected chi connectivity index (χ2v) is 5.28. The van der Waals surface area contributed by atoms with Crippen molar-refractivity contribution in [1.82, 2.24) is 14.8 Å². The molecule has 5 nitrogen and oxygen atoms in total. The summed E-state index contributed by atoms with van der Waals surface area (Å²) in [4.78, 5) is 11.4. The van der Waals surface area contributed by atoms with Crippen molar-refractivity contribution in [1.29, 1.82) is 0 Å². The largest absolute Gasteiger partial charge is 0.343 e. The lowest BCUT2D eigenvalue weighted by atomic mass is 10.1. The average Bonchev–Trinajstić information content (AvgIpc) is 2.66. The highest BCUT2D eigenvalue weighted by atomic mass is 32.2. The summed E-state index contributed by atoms with van der Waals surface area (Å²) < 4.78 is 1.64. The molecule has 6 heteroatoms. The summed E-state index contributed by atoms with van der Waals surface area (Å²) in [5.41, 5.74) is 5.99. The summed E-state index contributed by atoms with van der Waals surface area (Å²) in [7, 11) is 0. The Balaban J connectivity index is 2.76. The first-order valence-electron chi connectivity index (χ1n) is 6.21. The fourth-order valence-corrected chi connectivity index (χ4v) is 2.99. The Hall–Kier alpha value is -0.750. The maximum atomic E-state index is 11.4. The summed E-state index contributed by atoms with van der Waals surface area (Å²) in [5.74, 6) is 0. The molecule has 0 bridgehead atoms. The molecule has 0 aromatic carbocycles. The highest BCUT2D eigenvalue weighted by molar-refractivity contribution is 7.99. The Morgan fingerprint density at radius 3 is 2.71 bits per heavy atom. The number of aromatic amines is 1. The van der Waals surface area contributed by atoms with E-state index in [9.17, 15) is 4.79 Å². The van der Waals surface area contributed by atoms with Gasteiger partial charge in [-0.2, -0.15) is 0 Å². The molecule has 0 spiro atoms. The van der Waals surface area contributed by atoms with Crippen LogP contribution in [-0.4, -0.2) is 26.1 Å². The molecule has 1 rings (SSSR count). The SMILES string of the molecule is CCCC(N)C(CC)Sc1n[nH]c(=O)n1CC. The Bertz CT molecular complexity index is 387. The first-order valence-corrected chi connectivity index (χ1v) is 7.09. The summed E-state index contributed by atoms with van der Waals surface area (Å²) >= 11 is 1.60. The third-order valence-corrected chi connectivity index (χ3v) is 4.31. The van der Waals surface area contributed by atoms with Gasteiger partial charge in [0.2, 0.25) is 0 Å². The summed E-state index contributed by atoms with van der Waals surface area (Å²) in [6, 6.07) is 0.159. The van der Waals surface area contributed by atoms with E-state index >= 15 is 0 Å². The first kappa shape index (κ1) is 14.3. The number of aromatic nitrogens is 3. The number of hydrogen-bond donors (Lipinski definition) is 2. The van der Waals surface area contributed by atoms with Crippen molar-refractivity contribution in [3.8, 4) is 0 Å². The van der Waals surface area contributed by atoms with Gasteiger partial charge in [0, 0.05) is 17.8 Å². The van der Waals surface area contributed by atoms with E-state index in [1.807, 2.05) is 6.92 Å². The van der Waals surface area contributed by atoms with Crippen LogP contribution in [0.4, 0.5) is 0 Å². The van der Waals surface area contributed by atoms with Crippen LogP contribution in [0.1, 0.15) is 40.0 Å². The van der Waals surface area contributed by atoms with Crippen LogP contribution in [0, 0.1) is 0 Å². The zero-order valence-corrected chi connectivity index (χ0v) is 11.6. The average molecular weight is 258 g/mol. The highest BCUT2D eigenvalue weighted by Crippen LogP contribution is 2.25. The van der Waals surface area contributed by atoms with Crippen LogP contribution in [0.15, 0.2) is 9.95 Å². The van der Waals surface area contributed by atoms with Gasteiger partial charge >= 0.3 is 5.69 Å². The van der Waals surface area contributed by atoms with E-state index in [0.29, 0.717) is 11.8 Å². The smallest absolute Gasteiger partial charge is 0.327 e. The van der Waals surface area contributed by atoms with E-state index in [1.54, 1.807) is 16.3 Å². The molecule has 0 aliphatic carbocycles. The van der Waals surface area contributed by atoms with Crippen LogP contribution < -0.4 is 11.4 Å². The maximum absolute atomic E-state index is 11.4. The zero-order chi connectivity index (χ0) is 12.8. The van der Waals surface area contributed by atoms with Crippen molar-refractivity contribution in [2.24, 2.45) is 5.73 Å². The molecule has 1 heterocycles. The highest BCUT2D eigenvalue weighted by Gasteiger charge is 2.19. The predicted octanol–water partition coefficient (Wildman–Crippen LogP) is 1.59. The standard InChI is InChI=1S/C11H22N4OS/c1-4-7-8(12)9(5-2)17-11-14-13-10(16)15(11)6-3/h8-9H,4-7,12H2,1-3H3,(H,13,16). The minimum Gasteiger partial charge on any atom is -0.327 e. The number of rotatable bonds is 7. The molecule has 98 valence electrons. The van der Waals surface area contributed by atoms with Gasteiger partial charge in [-0.15, -0.1) is 5.10 Å². The van der Waals surface area contributed by atoms with Gasteiger partial charge in [0.25, 0.3) is 0 Å². The van der Waals surface area contributed by atoms with Gasteiger partial charge in [-0.1, -0.05) is 32.0 Å². The maximum Gasteiger partial charge on any atom is 0.343 e. The lowest BCUT2D eigenvalue weighted by Gasteiger charge is -2.20. The fraction of sp³-hybridized carbons (Fsp3) is 0.818. The lowest BCUT2D eigenvalue weighted by Crippen LogP contribution is -2.32. The molecule has 0 saturated carbocycles. The van der Waals surface area contributed by atoms with E-state index in [0.717, 1.165) is 24.4 Å². The zero-order valence-electron chi connectivity index (χ0n) is 10.8. The molecule has 0 amide bonds. The van der Waals surface area contributed by atoms with Gasteiger partial charge in [-0.3, -0.25) is 4.57 Å². The molecule has 2 unspecified atom stereocenters. The van der Waals surface area contributed by atoms with Crippen LogP contribution >= 0.6 is 11.8 Å². The Morgan fingerprint density at radius 2 is 2.18 bits per heavy atom. The number of H-pyrrole nitrogens is 1. The molecule has 3 N–H and O–H groups in total. The topological polar surface area (TPSA) is 76.7 Å². The predicted molar refractivity (Wildman–Crippen MR) is 71.3 cm³/mol. The molecular formula is C11H22N4OS. The molecule has 0 fully saturated rings. The van der Waals surface area contributed by atoms with Gasteiger partial charge in [0.15, 0.2) is 5.16 Å². The number of nitrogens with zero attached hydrogens (tertiary/aromatic N) is 2. The molecule has 0 saturated heterocycles. The van der Waals surface area contributed by atoms with Crippen LogP contribution in [0.3, 0.4) is 0 Å². The van der Waals surface area contributed by atoms with Crippen LogP contribution in [0.2, 0.25) is 0 Å². The quantitative estimate of drug-likeness (QED) is 0.728. The van der Waals surface area contributed by atoms with E-state index in [4.69, 9.17) is 5.73 Å². The van der Waals surface area contributed by atoms with E-state index in [1.165, 1.54) is 0 Å². The van der Waals surface area contributed by atoms with Crippen LogP contribution in [0.5, 0.6) is 0 Å². The van der Waals surface area contributed by atoms with Gasteiger partial charge in [-0.05, 0) is 19.8 Å². The normalized spacial score (nSPS) is 14.8. The Labute approximate surface area is 106 Å². The number of thioether (sulfide) groups is 1. The fourth-order valence-electron chi connectivity index (χ4n) is 1.80. The molecule has 17 heavy (non-hydrogen) atoms. The van der Waals surface area contributed by atoms with Gasteiger partial charge in [0.05, 0.1) is 0 Å². The first-order chi connectivity index (χ1) is 8.13. The summed E-state index contributed by atoms with van der Waals surface area (Å²) in [5, 5.41) is 7.60. The van der Waals surface area contributed by atoms with E-state index in [-0.39, 0.29) is 11.7 Å². The Kier molecular flexibility index (Phi) is 5.77. The minimum absolute atomic E-state index is 0.145. The monoisotopic (exact) mass is 258 g/mol. The second-order valence-electron chi connectivity index (χ2n) is 4.07. The third-order valence-electron chi connectivity index (χ3n) is 2.80. The van der Waals surface area contributed by atoms with Crippen molar-refractivity contribution >= 4 is 11.8 Å². The second kappa shape index (κ2) is 6.86. The van der Waals surface area contributed by atoms with Crippen molar-refractivity contribution in [3.05, 3.63) is 10.5 Å². The van der Waals surface area contributed by atoms with E-state index < -0.39 is 0 Å². The molecule has 1 aromatic heterocycles. The number of nitrogens with two attached hydrogens (primary N) is 1. The molecule has 0 aliphatic rings. The van der Waals surface area contributed by atoms with Crippen LogP contribution in [0.25, 0.3) is 0 Å². The van der Waals surface area contributed by atoms with E-state index in [2.05, 4.69) is 24.0 Å². The van der Waals surface area contributed by atoms with Crippen molar-refractivity contribution in [2.75, 3.05) is 0 Å². The van der Waals surface area contributed by atoms with Gasteiger partial charge in [0.1, 0.15) is 0 Å². The van der Waals surface area contributed by atoms with Crippen LogP contribution in [-0.2, 0) is 6.54 Å². The molecular weight excluding hydrogens is 236 g/mol. The number of nitrogens with one attached hydrogen (secondary N) is 1. The van der Waals surface area contributed by atoms with Gasteiger partial charge in [-0.25, -0.2) is 9.89 Å². The molecule has 0 radical (unpaired) electrons. The number of hydrogen-bond acceptors (Lipinski definition) is 4. The third kappa shape index (κ3) is 3.61.